The first-order valence-corrected chi connectivity index (χ1v) is 12.4. The third kappa shape index (κ3) is 4.43. The molecule has 174 valence electrons. The first kappa shape index (κ1) is 21.8. The van der Waals surface area contributed by atoms with Crippen LogP contribution in [0.4, 0.5) is 17.3 Å². The zero-order chi connectivity index (χ0) is 22.8. The molecule has 6 nitrogen and oxygen atoms in total. The van der Waals surface area contributed by atoms with E-state index >= 15 is 0 Å². The second kappa shape index (κ2) is 9.46. The first-order valence-electron chi connectivity index (χ1n) is 12.4. The van der Waals surface area contributed by atoms with Crippen LogP contribution in [0.1, 0.15) is 52.4 Å². The second-order valence-electron chi connectivity index (χ2n) is 9.84. The van der Waals surface area contributed by atoms with Crippen LogP contribution in [-0.4, -0.2) is 47.0 Å². The van der Waals surface area contributed by atoms with Crippen LogP contribution >= 0.6 is 0 Å². The molecule has 1 aromatic carbocycles. The standard InChI is InChI=1S/C27H35N5O/c1-19(2)29-25-12-7-14-28-27(25)32(21-9-4-5-10-21)22-13-15-31(23(17-22)18-33)26-16-20-8-3-6-11-24(20)30-26/h3,6-8,11-12,14,16,18-19,21-23,29-30H,4-5,9-10,13,15,17H2,1-2H3. The Balaban J connectivity index is 1.43. The predicted octanol–water partition coefficient (Wildman–Crippen LogP) is 5.37. The highest BCUT2D eigenvalue weighted by Gasteiger charge is 2.37. The molecular formula is C27H35N5O. The minimum absolute atomic E-state index is 0.147. The number of fused-ring (bicyclic) bond motifs is 1. The fraction of sp³-hybridized carbons (Fsp3) is 0.481. The molecule has 1 aliphatic heterocycles. The SMILES string of the molecule is CC(C)Nc1cccnc1N(C1CCCC1)C1CCN(c2cc3ccccc3[nH]2)C(C=O)C1. The number of benzene rings is 1. The van der Waals surface area contributed by atoms with E-state index in [9.17, 15) is 4.79 Å². The molecule has 5 rings (SSSR count). The Morgan fingerprint density at radius 3 is 2.70 bits per heavy atom. The van der Waals surface area contributed by atoms with Crippen LogP contribution in [0.2, 0.25) is 0 Å². The Morgan fingerprint density at radius 1 is 1.12 bits per heavy atom. The van der Waals surface area contributed by atoms with Gasteiger partial charge in [0.15, 0.2) is 5.82 Å². The molecular weight excluding hydrogens is 410 g/mol. The lowest BCUT2D eigenvalue weighted by molar-refractivity contribution is -0.109. The number of hydrogen-bond donors (Lipinski definition) is 2. The maximum absolute atomic E-state index is 12.3. The summed E-state index contributed by atoms with van der Waals surface area (Å²) in [6.07, 6.45) is 9.80. The van der Waals surface area contributed by atoms with Gasteiger partial charge in [0.2, 0.25) is 0 Å². The monoisotopic (exact) mass is 445 g/mol. The topological polar surface area (TPSA) is 64.3 Å². The van der Waals surface area contributed by atoms with Gasteiger partial charge in [-0.05, 0) is 63.8 Å². The molecule has 1 saturated carbocycles. The molecule has 0 spiro atoms. The average molecular weight is 446 g/mol. The number of pyridine rings is 1. The Morgan fingerprint density at radius 2 is 1.94 bits per heavy atom. The zero-order valence-corrected chi connectivity index (χ0v) is 19.7. The van der Waals surface area contributed by atoms with E-state index in [0.717, 1.165) is 48.5 Å². The highest BCUT2D eigenvalue weighted by atomic mass is 16.1. The van der Waals surface area contributed by atoms with E-state index in [1.807, 2.05) is 18.3 Å². The summed E-state index contributed by atoms with van der Waals surface area (Å²) in [5.41, 5.74) is 2.21. The third-order valence-corrected chi connectivity index (χ3v) is 7.19. The molecule has 0 bridgehead atoms. The first-order chi connectivity index (χ1) is 16.1. The predicted molar refractivity (Wildman–Crippen MR) is 136 cm³/mol. The molecule has 3 heterocycles. The van der Waals surface area contributed by atoms with Crippen LogP contribution in [0.25, 0.3) is 10.9 Å². The van der Waals surface area contributed by atoms with Crippen molar-refractivity contribution < 1.29 is 4.79 Å². The van der Waals surface area contributed by atoms with E-state index in [1.165, 1.54) is 31.1 Å². The van der Waals surface area contributed by atoms with Crippen LogP contribution in [-0.2, 0) is 4.79 Å². The van der Waals surface area contributed by atoms with Crippen molar-refractivity contribution in [3.63, 3.8) is 0 Å². The molecule has 0 radical (unpaired) electrons. The summed E-state index contributed by atoms with van der Waals surface area (Å²) < 4.78 is 0. The van der Waals surface area contributed by atoms with Gasteiger partial charge in [-0.25, -0.2) is 4.98 Å². The van der Waals surface area contributed by atoms with Gasteiger partial charge in [0.25, 0.3) is 0 Å². The number of para-hydroxylation sites is 1. The molecule has 2 atom stereocenters. The van der Waals surface area contributed by atoms with Crippen molar-refractivity contribution in [2.45, 2.75) is 76.5 Å². The number of rotatable bonds is 7. The molecule has 2 aliphatic rings. The van der Waals surface area contributed by atoms with E-state index in [-0.39, 0.29) is 6.04 Å². The summed E-state index contributed by atoms with van der Waals surface area (Å²) in [5.74, 6) is 2.09. The van der Waals surface area contributed by atoms with Gasteiger partial charge in [0.05, 0.1) is 11.7 Å². The van der Waals surface area contributed by atoms with Crippen molar-refractivity contribution in [3.8, 4) is 0 Å². The van der Waals surface area contributed by atoms with Crippen molar-refractivity contribution in [3.05, 3.63) is 48.7 Å². The van der Waals surface area contributed by atoms with Crippen LogP contribution in [0.15, 0.2) is 48.7 Å². The van der Waals surface area contributed by atoms with E-state index in [1.54, 1.807) is 0 Å². The van der Waals surface area contributed by atoms with E-state index in [0.29, 0.717) is 18.1 Å². The van der Waals surface area contributed by atoms with Crippen molar-refractivity contribution >= 4 is 34.5 Å². The molecule has 1 saturated heterocycles. The summed E-state index contributed by atoms with van der Waals surface area (Å²) in [4.78, 5) is 25.5. The summed E-state index contributed by atoms with van der Waals surface area (Å²) in [6.45, 7) is 5.18. The van der Waals surface area contributed by atoms with Crippen LogP contribution in [0, 0.1) is 0 Å². The molecule has 0 amide bonds. The number of aldehydes is 1. The highest BCUT2D eigenvalue weighted by Crippen LogP contribution is 2.38. The maximum atomic E-state index is 12.3. The van der Waals surface area contributed by atoms with Gasteiger partial charge in [0, 0.05) is 41.8 Å². The summed E-state index contributed by atoms with van der Waals surface area (Å²) in [7, 11) is 0. The number of aromatic nitrogens is 2. The Kier molecular flexibility index (Phi) is 6.25. The van der Waals surface area contributed by atoms with Gasteiger partial charge in [-0.15, -0.1) is 0 Å². The lowest BCUT2D eigenvalue weighted by atomic mass is 9.94. The molecule has 2 unspecified atom stereocenters. The van der Waals surface area contributed by atoms with Gasteiger partial charge in [-0.3, -0.25) is 0 Å². The number of piperidine rings is 1. The zero-order valence-electron chi connectivity index (χ0n) is 19.7. The second-order valence-corrected chi connectivity index (χ2v) is 9.84. The van der Waals surface area contributed by atoms with Gasteiger partial charge in [0.1, 0.15) is 12.1 Å². The molecule has 3 aromatic rings. The van der Waals surface area contributed by atoms with Gasteiger partial charge >= 0.3 is 0 Å². The van der Waals surface area contributed by atoms with Crippen molar-refractivity contribution in [1.82, 2.24) is 9.97 Å². The number of carbonyl (C=O) groups is 1. The third-order valence-electron chi connectivity index (χ3n) is 7.19. The number of anilines is 3. The fourth-order valence-electron chi connectivity index (χ4n) is 5.72. The van der Waals surface area contributed by atoms with Crippen LogP contribution in [0.5, 0.6) is 0 Å². The normalized spacial score (nSPS) is 21.6. The fourth-order valence-corrected chi connectivity index (χ4v) is 5.72. The number of nitrogens with one attached hydrogen (secondary N) is 2. The lowest BCUT2D eigenvalue weighted by Gasteiger charge is -2.45. The smallest absolute Gasteiger partial charge is 0.152 e. The van der Waals surface area contributed by atoms with Crippen molar-refractivity contribution in [2.75, 3.05) is 21.7 Å². The van der Waals surface area contributed by atoms with Crippen molar-refractivity contribution in [2.24, 2.45) is 0 Å². The van der Waals surface area contributed by atoms with E-state index in [2.05, 4.69) is 64.3 Å². The molecule has 33 heavy (non-hydrogen) atoms. The van der Waals surface area contributed by atoms with E-state index in [4.69, 9.17) is 4.98 Å². The molecule has 6 heteroatoms. The molecule has 2 aromatic heterocycles. The van der Waals surface area contributed by atoms with Crippen molar-refractivity contribution in [1.29, 1.82) is 0 Å². The molecule has 2 N–H and O–H groups in total. The van der Waals surface area contributed by atoms with Gasteiger partial charge < -0.3 is 24.9 Å². The Bertz CT molecular complexity index is 1050. The number of carbonyl (C=O) groups excluding carboxylic acids is 1. The van der Waals surface area contributed by atoms with Crippen LogP contribution in [0.3, 0.4) is 0 Å². The summed E-state index contributed by atoms with van der Waals surface area (Å²) >= 11 is 0. The number of nitrogens with zero attached hydrogens (tertiary/aromatic N) is 3. The minimum atomic E-state index is -0.147. The number of aromatic amines is 1. The summed E-state index contributed by atoms with van der Waals surface area (Å²) in [6, 6.07) is 15.6. The highest BCUT2D eigenvalue weighted by molar-refractivity contribution is 5.85. The van der Waals surface area contributed by atoms with E-state index < -0.39 is 0 Å². The molecule has 1 aliphatic carbocycles. The quantitative estimate of drug-likeness (QED) is 0.479. The number of H-pyrrole nitrogens is 1. The lowest BCUT2D eigenvalue weighted by Crippen LogP contribution is -2.53. The Hall–Kier alpha value is -3.02. The summed E-state index contributed by atoms with van der Waals surface area (Å²) in [5, 5.41) is 4.79. The molecule has 2 fully saturated rings. The number of hydrogen-bond acceptors (Lipinski definition) is 5. The van der Waals surface area contributed by atoms with Crippen LogP contribution < -0.4 is 15.1 Å². The Labute approximate surface area is 196 Å². The average Bonchev–Trinajstić information content (AvgIpc) is 3.50. The largest absolute Gasteiger partial charge is 0.380 e. The minimum Gasteiger partial charge on any atom is -0.380 e. The van der Waals surface area contributed by atoms with Gasteiger partial charge in [-0.2, -0.15) is 0 Å². The maximum Gasteiger partial charge on any atom is 0.152 e. The van der Waals surface area contributed by atoms with Gasteiger partial charge in [-0.1, -0.05) is 31.0 Å².